The number of hydrogen-bond acceptors (Lipinski definition) is 5. The zero-order valence-electron chi connectivity index (χ0n) is 15.6. The predicted molar refractivity (Wildman–Crippen MR) is 97.7 cm³/mol. The summed E-state index contributed by atoms with van der Waals surface area (Å²) in [4.78, 5) is 30.9. The molecule has 2 aliphatic rings. The van der Waals surface area contributed by atoms with Gasteiger partial charge in [-0.2, -0.15) is 5.26 Å². The molecule has 1 aromatic heterocycles. The lowest BCUT2D eigenvalue weighted by Gasteiger charge is -2.41. The van der Waals surface area contributed by atoms with Crippen molar-refractivity contribution in [3.05, 3.63) is 22.9 Å². The van der Waals surface area contributed by atoms with E-state index in [4.69, 9.17) is 0 Å². The topological polar surface area (TPSA) is 98.1 Å². The molecule has 3 amide bonds. The lowest BCUT2D eigenvalue weighted by Crippen LogP contribution is -2.56. The van der Waals surface area contributed by atoms with Crippen molar-refractivity contribution < 1.29 is 9.59 Å². The van der Waals surface area contributed by atoms with Crippen molar-refractivity contribution in [1.29, 1.82) is 5.26 Å². The monoisotopic (exact) mass is 355 g/mol. The predicted octanol–water partition coefficient (Wildman–Crippen LogP) is 2.16. The van der Waals surface area contributed by atoms with Crippen molar-refractivity contribution >= 4 is 17.8 Å². The zero-order chi connectivity index (χ0) is 18.9. The Morgan fingerprint density at radius 1 is 1.35 bits per heavy atom. The number of nitriles is 1. The van der Waals surface area contributed by atoms with Gasteiger partial charge in [-0.25, -0.2) is 9.78 Å². The van der Waals surface area contributed by atoms with Gasteiger partial charge in [-0.1, -0.05) is 13.3 Å². The maximum atomic E-state index is 12.5. The van der Waals surface area contributed by atoms with E-state index in [0.29, 0.717) is 25.1 Å². The molecule has 7 nitrogen and oxygen atoms in total. The number of piperidine rings is 1. The van der Waals surface area contributed by atoms with E-state index < -0.39 is 11.6 Å². The van der Waals surface area contributed by atoms with Crippen LogP contribution in [-0.2, 0) is 4.79 Å². The first kappa shape index (κ1) is 18.2. The first-order valence-corrected chi connectivity index (χ1v) is 9.18. The minimum Gasteiger partial charge on any atom is -0.355 e. The zero-order valence-corrected chi connectivity index (χ0v) is 15.6. The lowest BCUT2D eigenvalue weighted by molar-refractivity contribution is -0.126. The van der Waals surface area contributed by atoms with Gasteiger partial charge in [0.2, 0.25) is 0 Å². The number of rotatable bonds is 4. The van der Waals surface area contributed by atoms with Crippen LogP contribution >= 0.6 is 0 Å². The highest BCUT2D eigenvalue weighted by atomic mass is 16.2. The summed E-state index contributed by atoms with van der Waals surface area (Å²) in [6.07, 6.45) is 3.01. The number of nitrogens with one attached hydrogen (secondary N) is 2. The summed E-state index contributed by atoms with van der Waals surface area (Å²) in [6.45, 7) is 7.30. The Bertz CT molecular complexity index is 777. The van der Waals surface area contributed by atoms with Crippen LogP contribution in [0.3, 0.4) is 0 Å². The number of imide groups is 1. The molecule has 0 saturated carbocycles. The van der Waals surface area contributed by atoms with Crippen LogP contribution in [0.1, 0.15) is 49.4 Å². The highest BCUT2D eigenvalue weighted by molar-refractivity contribution is 6.07. The van der Waals surface area contributed by atoms with Crippen LogP contribution in [0.4, 0.5) is 10.6 Å². The molecule has 2 fully saturated rings. The SMILES string of the molecule is CCC[C@@]1(C2CCN(c3nc(C)cc(C)c3C#N)CC2)NC(=O)NC1=O. The second-order valence-electron chi connectivity index (χ2n) is 7.28. The molecular formula is C19H25N5O2. The largest absolute Gasteiger partial charge is 0.355 e. The Hall–Kier alpha value is -2.62. The second kappa shape index (κ2) is 6.94. The number of aryl methyl sites for hydroxylation is 2. The maximum absolute atomic E-state index is 12.5. The fourth-order valence-electron chi connectivity index (χ4n) is 4.34. The van der Waals surface area contributed by atoms with Crippen molar-refractivity contribution in [1.82, 2.24) is 15.6 Å². The summed E-state index contributed by atoms with van der Waals surface area (Å²) >= 11 is 0. The number of pyridine rings is 1. The number of aromatic nitrogens is 1. The molecule has 138 valence electrons. The van der Waals surface area contributed by atoms with E-state index in [9.17, 15) is 14.9 Å². The van der Waals surface area contributed by atoms with Crippen molar-refractivity contribution in [2.45, 2.75) is 52.0 Å². The van der Waals surface area contributed by atoms with Gasteiger partial charge < -0.3 is 10.2 Å². The van der Waals surface area contributed by atoms with E-state index in [2.05, 4.69) is 26.6 Å². The van der Waals surface area contributed by atoms with Crippen LogP contribution in [0.15, 0.2) is 6.07 Å². The Balaban J connectivity index is 1.81. The van der Waals surface area contributed by atoms with Gasteiger partial charge in [-0.15, -0.1) is 0 Å². The highest BCUT2D eigenvalue weighted by Gasteiger charge is 2.51. The van der Waals surface area contributed by atoms with Crippen molar-refractivity contribution in [2.24, 2.45) is 5.92 Å². The molecule has 7 heteroatoms. The number of nitrogens with zero attached hydrogens (tertiary/aromatic N) is 3. The van der Waals surface area contributed by atoms with Gasteiger partial charge in [-0.3, -0.25) is 10.1 Å². The number of amides is 3. The molecule has 26 heavy (non-hydrogen) atoms. The minimum absolute atomic E-state index is 0.0848. The number of anilines is 1. The molecule has 0 aliphatic carbocycles. The third-order valence-electron chi connectivity index (χ3n) is 5.54. The Labute approximate surface area is 153 Å². The molecule has 0 aromatic carbocycles. The first-order valence-electron chi connectivity index (χ1n) is 9.18. The first-order chi connectivity index (χ1) is 12.4. The van der Waals surface area contributed by atoms with E-state index in [-0.39, 0.29) is 11.8 Å². The normalized spacial score (nSPS) is 23.5. The molecule has 2 saturated heterocycles. The van der Waals surface area contributed by atoms with Crippen LogP contribution in [0.25, 0.3) is 0 Å². The summed E-state index contributed by atoms with van der Waals surface area (Å²) in [6, 6.07) is 3.80. The van der Waals surface area contributed by atoms with Crippen LogP contribution in [0.5, 0.6) is 0 Å². The minimum atomic E-state index is -0.800. The van der Waals surface area contributed by atoms with Gasteiger partial charge in [0.15, 0.2) is 0 Å². The van der Waals surface area contributed by atoms with Gasteiger partial charge in [0.1, 0.15) is 17.4 Å². The third-order valence-corrected chi connectivity index (χ3v) is 5.54. The molecule has 0 unspecified atom stereocenters. The molecule has 0 spiro atoms. The lowest BCUT2D eigenvalue weighted by atomic mass is 9.75. The van der Waals surface area contributed by atoms with E-state index in [0.717, 1.165) is 36.3 Å². The number of carbonyl (C=O) groups excluding carboxylic acids is 2. The van der Waals surface area contributed by atoms with E-state index in [1.165, 1.54) is 0 Å². The summed E-state index contributed by atoms with van der Waals surface area (Å²) < 4.78 is 0. The molecule has 1 aromatic rings. The van der Waals surface area contributed by atoms with Crippen LogP contribution in [0, 0.1) is 31.1 Å². The second-order valence-corrected chi connectivity index (χ2v) is 7.28. The van der Waals surface area contributed by atoms with Gasteiger partial charge in [0.25, 0.3) is 5.91 Å². The van der Waals surface area contributed by atoms with Crippen LogP contribution < -0.4 is 15.5 Å². The molecular weight excluding hydrogens is 330 g/mol. The van der Waals surface area contributed by atoms with Crippen molar-refractivity contribution in [3.8, 4) is 6.07 Å². The summed E-state index contributed by atoms with van der Waals surface area (Å²) in [5, 5.41) is 14.8. The Morgan fingerprint density at radius 3 is 2.58 bits per heavy atom. The average molecular weight is 355 g/mol. The number of urea groups is 1. The smallest absolute Gasteiger partial charge is 0.322 e. The standard InChI is InChI=1S/C19H25N5O2/c1-4-7-19(17(25)22-18(26)23-19)14-5-8-24(9-6-14)16-15(11-20)12(2)10-13(3)21-16/h10,14H,4-9H2,1-3H3,(H2,22,23,25,26)/t19-/m0/s1. The molecule has 0 bridgehead atoms. The number of carbonyl (C=O) groups is 2. The maximum Gasteiger partial charge on any atom is 0.322 e. The Kier molecular flexibility index (Phi) is 4.86. The molecule has 3 rings (SSSR count). The molecule has 0 radical (unpaired) electrons. The quantitative estimate of drug-likeness (QED) is 0.807. The van der Waals surface area contributed by atoms with Gasteiger partial charge in [-0.05, 0) is 50.7 Å². The molecule has 2 aliphatic heterocycles. The summed E-state index contributed by atoms with van der Waals surface area (Å²) in [5.74, 6) is 0.611. The summed E-state index contributed by atoms with van der Waals surface area (Å²) in [5.41, 5.74) is 1.64. The molecule has 3 heterocycles. The van der Waals surface area contributed by atoms with Crippen LogP contribution in [-0.4, -0.2) is 35.6 Å². The van der Waals surface area contributed by atoms with Crippen molar-refractivity contribution in [3.63, 3.8) is 0 Å². The molecule has 2 N–H and O–H groups in total. The fourth-order valence-corrected chi connectivity index (χ4v) is 4.34. The number of hydrogen-bond donors (Lipinski definition) is 2. The highest BCUT2D eigenvalue weighted by Crippen LogP contribution is 2.36. The van der Waals surface area contributed by atoms with E-state index in [1.807, 2.05) is 26.8 Å². The van der Waals surface area contributed by atoms with Crippen LogP contribution in [0.2, 0.25) is 0 Å². The van der Waals surface area contributed by atoms with Gasteiger partial charge >= 0.3 is 6.03 Å². The van der Waals surface area contributed by atoms with E-state index >= 15 is 0 Å². The average Bonchev–Trinajstić information content (AvgIpc) is 2.89. The fraction of sp³-hybridized carbons (Fsp3) is 0.579. The molecule has 1 atom stereocenters. The van der Waals surface area contributed by atoms with Gasteiger partial charge in [0, 0.05) is 18.8 Å². The Morgan fingerprint density at radius 2 is 2.04 bits per heavy atom. The van der Waals surface area contributed by atoms with Crippen molar-refractivity contribution in [2.75, 3.05) is 18.0 Å². The van der Waals surface area contributed by atoms with E-state index in [1.54, 1.807) is 0 Å². The van der Waals surface area contributed by atoms with Gasteiger partial charge in [0.05, 0.1) is 5.56 Å². The third kappa shape index (κ3) is 3.00. The summed E-state index contributed by atoms with van der Waals surface area (Å²) in [7, 11) is 0.